The molecule has 1 fully saturated rings. The monoisotopic (exact) mass is 356 g/mol. The Balaban J connectivity index is 1.98. The molecule has 0 bridgehead atoms. The van der Waals surface area contributed by atoms with Crippen LogP contribution in [-0.4, -0.2) is 67.9 Å². The van der Waals surface area contributed by atoms with E-state index >= 15 is 0 Å². The van der Waals surface area contributed by atoms with Crippen molar-refractivity contribution in [1.82, 2.24) is 9.21 Å². The quantitative estimate of drug-likeness (QED) is 0.794. The highest BCUT2D eigenvalue weighted by atomic mass is 32.2. The molecule has 1 aromatic rings. The fourth-order valence-corrected chi connectivity index (χ4v) is 4.07. The molecule has 0 radical (unpaired) electrons. The number of ether oxygens (including phenoxy) is 1. The molecule has 1 aliphatic heterocycles. The second-order valence-electron chi connectivity index (χ2n) is 6.90. The smallest absolute Gasteiger partial charge is 0.214 e. The number of rotatable bonds is 7. The second kappa shape index (κ2) is 7.82. The van der Waals surface area contributed by atoms with Crippen LogP contribution in [0.25, 0.3) is 0 Å². The fourth-order valence-electron chi connectivity index (χ4n) is 2.90. The van der Waals surface area contributed by atoms with Crippen LogP contribution >= 0.6 is 0 Å². The molecule has 0 aromatic heterocycles. The maximum atomic E-state index is 12.0. The van der Waals surface area contributed by atoms with E-state index in [9.17, 15) is 13.5 Å². The molecular formula is C17H28N2O4S. The van der Waals surface area contributed by atoms with Gasteiger partial charge in [0.2, 0.25) is 10.0 Å². The zero-order chi connectivity index (χ0) is 17.9. The molecule has 6 nitrogen and oxygen atoms in total. The molecule has 7 heteroatoms. The van der Waals surface area contributed by atoms with Gasteiger partial charge in [0.1, 0.15) is 5.75 Å². The van der Waals surface area contributed by atoms with Gasteiger partial charge in [-0.2, -0.15) is 0 Å². The molecule has 136 valence electrons. The molecule has 1 aliphatic rings. The lowest BCUT2D eigenvalue weighted by Gasteiger charge is -2.18. The Bertz CT molecular complexity index is 646. The van der Waals surface area contributed by atoms with E-state index < -0.39 is 16.1 Å². The van der Waals surface area contributed by atoms with Gasteiger partial charge >= 0.3 is 0 Å². The van der Waals surface area contributed by atoms with Gasteiger partial charge in [-0.3, -0.25) is 4.90 Å². The largest absolute Gasteiger partial charge is 0.491 e. The molecule has 0 aliphatic carbocycles. The molecule has 0 amide bonds. The van der Waals surface area contributed by atoms with E-state index in [1.807, 2.05) is 38.1 Å². The third-order valence-corrected chi connectivity index (χ3v) is 6.10. The molecule has 0 spiro atoms. The Morgan fingerprint density at radius 1 is 1.33 bits per heavy atom. The predicted molar refractivity (Wildman–Crippen MR) is 94.5 cm³/mol. The first-order chi connectivity index (χ1) is 11.2. The number of hydrogen-bond acceptors (Lipinski definition) is 5. The minimum Gasteiger partial charge on any atom is -0.491 e. The Morgan fingerprint density at radius 2 is 2.04 bits per heavy atom. The normalized spacial score (nSPS) is 22.5. The average Bonchev–Trinajstić information content (AvgIpc) is 2.77. The van der Waals surface area contributed by atoms with Crippen LogP contribution in [0.1, 0.15) is 19.4 Å². The van der Waals surface area contributed by atoms with Gasteiger partial charge in [-0.25, -0.2) is 12.7 Å². The van der Waals surface area contributed by atoms with Gasteiger partial charge < -0.3 is 9.84 Å². The van der Waals surface area contributed by atoms with Gasteiger partial charge in [-0.1, -0.05) is 12.1 Å². The van der Waals surface area contributed by atoms with Crippen molar-refractivity contribution in [2.45, 2.75) is 32.6 Å². The van der Waals surface area contributed by atoms with Crippen LogP contribution < -0.4 is 4.74 Å². The summed E-state index contributed by atoms with van der Waals surface area (Å²) >= 11 is 0. The van der Waals surface area contributed by atoms with Crippen molar-refractivity contribution >= 4 is 10.0 Å². The van der Waals surface area contributed by atoms with Crippen LogP contribution in [0.4, 0.5) is 0 Å². The lowest BCUT2D eigenvalue weighted by atomic mass is 10.1. The number of hydrogen-bond donors (Lipinski definition) is 1. The van der Waals surface area contributed by atoms with E-state index in [2.05, 4.69) is 4.90 Å². The zero-order valence-electron chi connectivity index (χ0n) is 14.8. The van der Waals surface area contributed by atoms with Crippen LogP contribution in [0.3, 0.4) is 0 Å². The second-order valence-corrected chi connectivity index (χ2v) is 9.12. The van der Waals surface area contributed by atoms with E-state index in [0.717, 1.165) is 11.3 Å². The summed E-state index contributed by atoms with van der Waals surface area (Å²) in [6.07, 6.45) is -0.496. The highest BCUT2D eigenvalue weighted by Crippen LogP contribution is 2.23. The van der Waals surface area contributed by atoms with Crippen LogP contribution in [0, 0.1) is 5.92 Å². The average molecular weight is 356 g/mol. The lowest BCUT2D eigenvalue weighted by molar-refractivity contribution is 0.148. The van der Waals surface area contributed by atoms with Gasteiger partial charge in [0, 0.05) is 39.6 Å². The summed E-state index contributed by atoms with van der Waals surface area (Å²) in [7, 11) is -0.259. The minimum atomic E-state index is -3.30. The number of nitrogens with zero attached hydrogens (tertiary/aromatic N) is 2. The van der Waals surface area contributed by atoms with Crippen LogP contribution in [0.2, 0.25) is 0 Å². The number of aliphatic hydroxyl groups is 1. The standard InChI is InChI=1S/C17H28N2O4S/c1-13(2)23-16-7-5-6-14(8-16)9-19-10-15(17(20)11-19)12-24(21,22)18(3)4/h5-8,13,15,17,20H,9-12H2,1-4H3/t15-,17+/m0/s1. The first-order valence-electron chi connectivity index (χ1n) is 8.23. The third-order valence-electron chi connectivity index (χ3n) is 4.14. The maximum absolute atomic E-state index is 12.0. The van der Waals surface area contributed by atoms with Crippen molar-refractivity contribution in [3.8, 4) is 5.75 Å². The number of likely N-dealkylation sites (tertiary alicyclic amines) is 1. The van der Waals surface area contributed by atoms with Crippen molar-refractivity contribution in [2.24, 2.45) is 5.92 Å². The Hall–Kier alpha value is -1.15. The summed E-state index contributed by atoms with van der Waals surface area (Å²) in [5.41, 5.74) is 1.09. The Kier molecular flexibility index (Phi) is 6.25. The SMILES string of the molecule is CC(C)Oc1cccc(CN2C[C@@H](CS(=O)(=O)N(C)C)[C@H](O)C2)c1. The summed E-state index contributed by atoms with van der Waals surface area (Å²) in [6.45, 7) is 5.70. The Morgan fingerprint density at radius 3 is 2.67 bits per heavy atom. The van der Waals surface area contributed by atoms with Gasteiger partial charge in [0.25, 0.3) is 0 Å². The van der Waals surface area contributed by atoms with E-state index in [0.29, 0.717) is 19.6 Å². The summed E-state index contributed by atoms with van der Waals surface area (Å²) in [5, 5.41) is 10.2. The first-order valence-corrected chi connectivity index (χ1v) is 9.84. The topological polar surface area (TPSA) is 70.1 Å². The van der Waals surface area contributed by atoms with E-state index in [1.165, 1.54) is 18.4 Å². The summed E-state index contributed by atoms with van der Waals surface area (Å²) in [5.74, 6) is 0.551. The van der Waals surface area contributed by atoms with Crippen LogP contribution in [-0.2, 0) is 16.6 Å². The van der Waals surface area contributed by atoms with Gasteiger partial charge in [-0.05, 0) is 31.5 Å². The maximum Gasteiger partial charge on any atom is 0.214 e. The molecule has 1 heterocycles. The number of sulfonamides is 1. The van der Waals surface area contributed by atoms with Crippen molar-refractivity contribution in [3.05, 3.63) is 29.8 Å². The highest BCUT2D eigenvalue weighted by molar-refractivity contribution is 7.89. The number of β-amino-alcohol motifs (C(OH)–C–C–N with tert-alkyl or cyclic N) is 1. The van der Waals surface area contributed by atoms with Crippen molar-refractivity contribution in [3.63, 3.8) is 0 Å². The Labute approximate surface area is 145 Å². The van der Waals surface area contributed by atoms with Crippen molar-refractivity contribution in [2.75, 3.05) is 32.9 Å². The van der Waals surface area contributed by atoms with E-state index in [1.54, 1.807) is 0 Å². The lowest BCUT2D eigenvalue weighted by Crippen LogP contribution is -2.33. The first kappa shape index (κ1) is 19.2. The predicted octanol–water partition coefficient (Wildman–Crippen LogP) is 1.16. The summed E-state index contributed by atoms with van der Waals surface area (Å²) in [4.78, 5) is 2.09. The van der Waals surface area contributed by atoms with Gasteiger partial charge in [-0.15, -0.1) is 0 Å². The molecule has 1 aromatic carbocycles. The summed E-state index contributed by atoms with van der Waals surface area (Å²) < 4.78 is 31.0. The molecule has 24 heavy (non-hydrogen) atoms. The highest BCUT2D eigenvalue weighted by Gasteiger charge is 2.35. The molecule has 1 saturated heterocycles. The summed E-state index contributed by atoms with van der Waals surface area (Å²) in [6, 6.07) is 7.89. The fraction of sp³-hybridized carbons (Fsp3) is 0.647. The third kappa shape index (κ3) is 5.17. The molecular weight excluding hydrogens is 328 g/mol. The van der Waals surface area contributed by atoms with Crippen LogP contribution in [0.15, 0.2) is 24.3 Å². The van der Waals surface area contributed by atoms with Crippen molar-refractivity contribution in [1.29, 1.82) is 0 Å². The van der Waals surface area contributed by atoms with Crippen molar-refractivity contribution < 1.29 is 18.3 Å². The van der Waals surface area contributed by atoms with E-state index in [-0.39, 0.29) is 17.8 Å². The van der Waals surface area contributed by atoms with Crippen LogP contribution in [0.5, 0.6) is 5.75 Å². The molecule has 2 rings (SSSR count). The van der Waals surface area contributed by atoms with Gasteiger partial charge in [0.15, 0.2) is 0 Å². The minimum absolute atomic E-state index is 0.0197. The number of aliphatic hydroxyl groups excluding tert-OH is 1. The molecule has 2 atom stereocenters. The molecule has 0 saturated carbocycles. The molecule has 1 N–H and O–H groups in total. The zero-order valence-corrected chi connectivity index (χ0v) is 15.7. The van der Waals surface area contributed by atoms with Gasteiger partial charge in [0.05, 0.1) is 18.0 Å². The van der Waals surface area contributed by atoms with E-state index in [4.69, 9.17) is 4.74 Å². The number of benzene rings is 1. The molecule has 0 unspecified atom stereocenters.